The predicted octanol–water partition coefficient (Wildman–Crippen LogP) is 1.20. The van der Waals surface area contributed by atoms with Crippen molar-refractivity contribution in [3.63, 3.8) is 0 Å². The molecule has 0 spiro atoms. The highest BCUT2D eigenvalue weighted by Crippen LogP contribution is 1.92. The van der Waals surface area contributed by atoms with Crippen molar-refractivity contribution in [1.82, 2.24) is 15.1 Å². The van der Waals surface area contributed by atoms with E-state index in [0.29, 0.717) is 0 Å². The lowest BCUT2D eigenvalue weighted by molar-refractivity contribution is 0.376. The van der Waals surface area contributed by atoms with Gasteiger partial charge in [-0.2, -0.15) is 0 Å². The first-order valence-electron chi connectivity index (χ1n) is 4.86. The summed E-state index contributed by atoms with van der Waals surface area (Å²) in [5.41, 5.74) is 0. The van der Waals surface area contributed by atoms with Gasteiger partial charge in [0.1, 0.15) is 0 Å². The highest BCUT2D eigenvalue weighted by Gasteiger charge is 1.97. The molecule has 0 rings (SSSR count). The number of nitrogens with zero attached hydrogens (tertiary/aromatic N) is 2. The largest absolute Gasteiger partial charge is 0.372 e. The Hall–Kier alpha value is -0.700. The van der Waals surface area contributed by atoms with Gasteiger partial charge in [0.05, 0.1) is 5.82 Å². The standard InChI is InChI=1S/C10H23N3.H2/c1-6-13(5)10(2)11-8-7-9-12(3)4;/h11H,2,6-9H2,1,3-5H3;1H. The molecule has 1 N–H and O–H groups in total. The Bertz CT molecular complexity index is 148. The van der Waals surface area contributed by atoms with Crippen molar-refractivity contribution in [2.45, 2.75) is 13.3 Å². The maximum Gasteiger partial charge on any atom is 0.0936 e. The smallest absolute Gasteiger partial charge is 0.0936 e. The molecule has 3 heteroatoms. The summed E-state index contributed by atoms with van der Waals surface area (Å²) in [6.45, 7) is 9.18. The SMILES string of the molecule is C=C(NCCCN(C)C)N(C)CC.[HH]. The minimum atomic E-state index is 0. The zero-order chi connectivity index (χ0) is 10.3. The van der Waals surface area contributed by atoms with Crippen LogP contribution in [-0.4, -0.2) is 50.6 Å². The fraction of sp³-hybridized carbons (Fsp3) is 0.800. The molecular formula is C10H25N3. The Balaban J connectivity index is 0. The molecule has 0 atom stereocenters. The molecule has 0 amide bonds. The summed E-state index contributed by atoms with van der Waals surface area (Å²) >= 11 is 0. The van der Waals surface area contributed by atoms with E-state index in [9.17, 15) is 0 Å². The van der Waals surface area contributed by atoms with Crippen molar-refractivity contribution < 1.29 is 1.43 Å². The summed E-state index contributed by atoms with van der Waals surface area (Å²) in [6, 6.07) is 0. The van der Waals surface area contributed by atoms with Gasteiger partial charge >= 0.3 is 0 Å². The molecule has 0 aliphatic carbocycles. The first-order valence-corrected chi connectivity index (χ1v) is 4.86. The lowest BCUT2D eigenvalue weighted by Gasteiger charge is -2.21. The van der Waals surface area contributed by atoms with E-state index in [0.717, 1.165) is 31.9 Å². The van der Waals surface area contributed by atoms with Gasteiger partial charge in [0.2, 0.25) is 0 Å². The summed E-state index contributed by atoms with van der Waals surface area (Å²) in [5.74, 6) is 1.02. The monoisotopic (exact) mass is 187 g/mol. The molecule has 3 nitrogen and oxygen atoms in total. The van der Waals surface area contributed by atoms with Crippen molar-refractivity contribution in [3.05, 3.63) is 12.4 Å². The molecule has 80 valence electrons. The summed E-state index contributed by atoms with van der Waals surface area (Å²) in [4.78, 5) is 4.30. The van der Waals surface area contributed by atoms with E-state index >= 15 is 0 Å². The molecule has 0 aromatic heterocycles. The third-order valence-corrected chi connectivity index (χ3v) is 2.05. The van der Waals surface area contributed by atoms with Crippen LogP contribution in [0.3, 0.4) is 0 Å². The Morgan fingerprint density at radius 3 is 2.46 bits per heavy atom. The van der Waals surface area contributed by atoms with Crippen LogP contribution in [-0.2, 0) is 0 Å². The van der Waals surface area contributed by atoms with E-state index < -0.39 is 0 Å². The Morgan fingerprint density at radius 1 is 1.38 bits per heavy atom. The van der Waals surface area contributed by atoms with Crippen molar-refractivity contribution in [2.24, 2.45) is 0 Å². The zero-order valence-corrected chi connectivity index (χ0v) is 9.43. The second-order valence-corrected chi connectivity index (χ2v) is 3.54. The van der Waals surface area contributed by atoms with Gasteiger partial charge in [0.15, 0.2) is 0 Å². The van der Waals surface area contributed by atoms with Crippen LogP contribution in [0, 0.1) is 0 Å². The third-order valence-electron chi connectivity index (χ3n) is 2.05. The minimum absolute atomic E-state index is 0. The molecule has 0 radical (unpaired) electrons. The number of hydrogen-bond donors (Lipinski definition) is 1. The highest BCUT2D eigenvalue weighted by molar-refractivity contribution is 4.88. The second kappa shape index (κ2) is 6.78. The molecule has 0 saturated carbocycles. The maximum atomic E-state index is 3.94. The van der Waals surface area contributed by atoms with Crippen LogP contribution in [0.1, 0.15) is 14.8 Å². The third kappa shape index (κ3) is 6.46. The van der Waals surface area contributed by atoms with Crippen LogP contribution in [0.5, 0.6) is 0 Å². The average molecular weight is 187 g/mol. The lowest BCUT2D eigenvalue weighted by atomic mass is 10.4. The van der Waals surface area contributed by atoms with E-state index in [1.54, 1.807) is 0 Å². The zero-order valence-electron chi connectivity index (χ0n) is 9.43. The number of rotatable bonds is 7. The van der Waals surface area contributed by atoms with Gasteiger partial charge in [0, 0.05) is 21.6 Å². The molecule has 0 unspecified atom stereocenters. The van der Waals surface area contributed by atoms with Crippen molar-refractivity contribution >= 4 is 0 Å². The normalized spacial score (nSPS) is 10.2. The van der Waals surface area contributed by atoms with Crippen LogP contribution in [0.15, 0.2) is 12.4 Å². The topological polar surface area (TPSA) is 18.5 Å². The van der Waals surface area contributed by atoms with E-state index in [2.05, 4.69) is 42.7 Å². The first-order chi connectivity index (χ1) is 6.07. The molecule has 0 saturated heterocycles. The fourth-order valence-electron chi connectivity index (χ4n) is 0.954. The number of nitrogens with one attached hydrogen (secondary N) is 1. The van der Waals surface area contributed by atoms with Crippen LogP contribution >= 0.6 is 0 Å². The average Bonchev–Trinajstić information content (AvgIpc) is 2.10. The molecule has 0 aromatic carbocycles. The predicted molar refractivity (Wildman–Crippen MR) is 60.7 cm³/mol. The summed E-state index contributed by atoms with van der Waals surface area (Å²) in [5, 5.41) is 3.29. The number of hydrogen-bond acceptors (Lipinski definition) is 3. The molecular weight excluding hydrogens is 162 g/mol. The van der Waals surface area contributed by atoms with Gasteiger partial charge in [-0.3, -0.25) is 0 Å². The van der Waals surface area contributed by atoms with Gasteiger partial charge in [-0.1, -0.05) is 6.58 Å². The van der Waals surface area contributed by atoms with Crippen molar-refractivity contribution in [3.8, 4) is 0 Å². The quantitative estimate of drug-likeness (QED) is 0.604. The van der Waals surface area contributed by atoms with Gasteiger partial charge < -0.3 is 15.1 Å². The molecule has 0 aromatic rings. The van der Waals surface area contributed by atoms with Gasteiger partial charge in [-0.25, -0.2) is 0 Å². The Morgan fingerprint density at radius 2 is 2.00 bits per heavy atom. The van der Waals surface area contributed by atoms with Crippen molar-refractivity contribution in [1.29, 1.82) is 0 Å². The summed E-state index contributed by atoms with van der Waals surface area (Å²) in [7, 11) is 6.22. The molecule has 13 heavy (non-hydrogen) atoms. The Kier molecular flexibility index (Phi) is 6.41. The minimum Gasteiger partial charge on any atom is -0.372 e. The highest BCUT2D eigenvalue weighted by atomic mass is 15.2. The fourth-order valence-corrected chi connectivity index (χ4v) is 0.954. The van der Waals surface area contributed by atoms with Gasteiger partial charge in [-0.15, -0.1) is 0 Å². The summed E-state index contributed by atoms with van der Waals surface area (Å²) < 4.78 is 0. The van der Waals surface area contributed by atoms with Crippen LogP contribution < -0.4 is 5.32 Å². The van der Waals surface area contributed by atoms with E-state index in [1.807, 2.05) is 7.05 Å². The van der Waals surface area contributed by atoms with Crippen molar-refractivity contribution in [2.75, 3.05) is 40.8 Å². The van der Waals surface area contributed by atoms with E-state index in [4.69, 9.17) is 0 Å². The van der Waals surface area contributed by atoms with E-state index in [-0.39, 0.29) is 1.43 Å². The molecule has 0 heterocycles. The van der Waals surface area contributed by atoms with Crippen LogP contribution in [0.25, 0.3) is 0 Å². The van der Waals surface area contributed by atoms with Gasteiger partial charge in [-0.05, 0) is 34.0 Å². The molecule has 0 fully saturated rings. The molecule has 0 aliphatic heterocycles. The molecule has 0 bridgehead atoms. The molecule has 0 aliphatic rings. The summed E-state index contributed by atoms with van der Waals surface area (Å²) in [6.07, 6.45) is 1.16. The maximum absolute atomic E-state index is 3.94. The van der Waals surface area contributed by atoms with Crippen LogP contribution in [0.2, 0.25) is 0 Å². The van der Waals surface area contributed by atoms with Crippen LogP contribution in [0.4, 0.5) is 0 Å². The van der Waals surface area contributed by atoms with Gasteiger partial charge in [0.25, 0.3) is 0 Å². The lowest BCUT2D eigenvalue weighted by Crippen LogP contribution is -2.29. The Labute approximate surface area is 83.9 Å². The van der Waals surface area contributed by atoms with E-state index in [1.165, 1.54) is 0 Å². The second-order valence-electron chi connectivity index (χ2n) is 3.54. The first kappa shape index (κ1) is 12.3.